The van der Waals surface area contributed by atoms with Crippen molar-refractivity contribution in [1.29, 1.82) is 0 Å². The van der Waals surface area contributed by atoms with Crippen molar-refractivity contribution in [2.75, 3.05) is 51.6 Å². The molecule has 45 heavy (non-hydrogen) atoms. The monoisotopic (exact) mass is 640 g/mol. The Bertz CT molecular complexity index is 1580. The number of fused-ring (bicyclic) bond motifs is 1. The van der Waals surface area contributed by atoms with Gasteiger partial charge in [0.2, 0.25) is 15.9 Å². The van der Waals surface area contributed by atoms with Crippen molar-refractivity contribution in [3.05, 3.63) is 72.3 Å². The molecule has 1 aliphatic heterocycles. The van der Waals surface area contributed by atoms with Gasteiger partial charge >= 0.3 is 6.03 Å². The summed E-state index contributed by atoms with van der Waals surface area (Å²) in [5.41, 5.74) is 1.51. The molecule has 0 spiro atoms. The number of benzene rings is 3. The third kappa shape index (κ3) is 8.24. The zero-order valence-corrected chi connectivity index (χ0v) is 26.8. The molecule has 0 bridgehead atoms. The molecule has 1 aliphatic rings. The number of rotatable bonds is 10. The molecule has 0 saturated carbocycles. The molecule has 3 atom stereocenters. The van der Waals surface area contributed by atoms with Crippen molar-refractivity contribution in [2.24, 2.45) is 5.92 Å². The highest BCUT2D eigenvalue weighted by atomic mass is 32.2. The van der Waals surface area contributed by atoms with Crippen molar-refractivity contribution in [3.8, 4) is 17.2 Å². The van der Waals surface area contributed by atoms with Crippen molar-refractivity contribution in [1.82, 2.24) is 9.21 Å². The van der Waals surface area contributed by atoms with E-state index in [1.807, 2.05) is 6.92 Å². The molecular weight excluding hydrogens is 600 g/mol. The minimum atomic E-state index is -3.87. The molecule has 12 nitrogen and oxygen atoms in total. The third-order valence-electron chi connectivity index (χ3n) is 7.73. The number of nitrogens with zero attached hydrogens (tertiary/aromatic N) is 2. The van der Waals surface area contributed by atoms with E-state index in [0.29, 0.717) is 34.2 Å². The first kappa shape index (κ1) is 33.6. The minimum absolute atomic E-state index is 0.00518. The lowest BCUT2D eigenvalue weighted by molar-refractivity contribution is -0.134. The summed E-state index contributed by atoms with van der Waals surface area (Å²) >= 11 is 0. The number of methoxy groups -OCH3 is 2. The van der Waals surface area contributed by atoms with Crippen LogP contribution in [0.5, 0.6) is 17.2 Å². The molecule has 0 radical (unpaired) electrons. The fraction of sp³-hybridized carbons (Fsp3) is 0.375. The number of hydrogen-bond donors (Lipinski definition) is 3. The fourth-order valence-corrected chi connectivity index (χ4v) is 6.16. The van der Waals surface area contributed by atoms with E-state index >= 15 is 0 Å². The van der Waals surface area contributed by atoms with E-state index in [1.54, 1.807) is 73.5 Å². The Balaban J connectivity index is 1.59. The number of likely N-dealkylation sites (N-methyl/N-ethyl adjacent to an activating group) is 1. The minimum Gasteiger partial charge on any atom is -0.497 e. The van der Waals surface area contributed by atoms with Crippen molar-refractivity contribution in [2.45, 2.75) is 37.3 Å². The standard InChI is InChI=1S/C32H40N4O8S/c1-21-18-36(22(2)20-37)31(38)17-23-16-25(34-32(39)33-24-6-9-26(42-4)10-7-24)8-15-29(23)44-30(21)19-35(3)45(40,41)28-13-11-27(43-5)12-14-28/h6-16,21-22,30,37H,17-20H2,1-5H3,(H2,33,34,39)/t21-,22-,30-/m1/s1. The van der Waals surface area contributed by atoms with Crippen LogP contribution in [0.3, 0.4) is 0 Å². The van der Waals surface area contributed by atoms with Crippen molar-refractivity contribution < 1.29 is 37.3 Å². The summed E-state index contributed by atoms with van der Waals surface area (Å²) in [7, 11) is 0.671. The Morgan fingerprint density at radius 2 is 1.60 bits per heavy atom. The highest BCUT2D eigenvalue weighted by molar-refractivity contribution is 7.89. The van der Waals surface area contributed by atoms with Gasteiger partial charge in [0.25, 0.3) is 0 Å². The smallest absolute Gasteiger partial charge is 0.323 e. The maximum absolute atomic E-state index is 13.5. The van der Waals surface area contributed by atoms with E-state index in [-0.39, 0.29) is 42.8 Å². The van der Waals surface area contributed by atoms with Crippen LogP contribution in [0.25, 0.3) is 0 Å². The number of anilines is 2. The molecule has 4 rings (SSSR count). The number of carbonyl (C=O) groups is 2. The van der Waals surface area contributed by atoms with Crippen LogP contribution in [0.15, 0.2) is 71.6 Å². The zero-order valence-electron chi connectivity index (χ0n) is 26.0. The van der Waals surface area contributed by atoms with E-state index in [4.69, 9.17) is 14.2 Å². The Morgan fingerprint density at radius 3 is 2.20 bits per heavy atom. The van der Waals surface area contributed by atoms with Crippen molar-refractivity contribution in [3.63, 3.8) is 0 Å². The number of hydrogen-bond acceptors (Lipinski definition) is 8. The first-order valence-electron chi connectivity index (χ1n) is 14.5. The Hall–Kier alpha value is -4.33. The SMILES string of the molecule is COc1ccc(NC(=O)Nc2ccc3c(c2)CC(=O)N([C@H](C)CO)C[C@@H](C)[C@@H](CN(C)S(=O)(=O)c2ccc(OC)cc2)O3)cc1. The maximum Gasteiger partial charge on any atom is 0.323 e. The first-order chi connectivity index (χ1) is 21.4. The van der Waals surface area contributed by atoms with Crippen LogP contribution in [-0.4, -0.2) is 87.8 Å². The Morgan fingerprint density at radius 1 is 1.02 bits per heavy atom. The molecule has 3 amide bonds. The Labute approximate surface area is 263 Å². The molecule has 13 heteroatoms. The van der Waals surface area contributed by atoms with E-state index in [1.165, 1.54) is 30.6 Å². The molecule has 242 valence electrons. The number of urea groups is 1. The van der Waals surface area contributed by atoms with Gasteiger partial charge in [-0.2, -0.15) is 4.31 Å². The summed E-state index contributed by atoms with van der Waals surface area (Å²) in [4.78, 5) is 27.9. The first-order valence-corrected chi connectivity index (χ1v) is 15.9. The average molecular weight is 641 g/mol. The lowest BCUT2D eigenvalue weighted by atomic mass is 10.0. The van der Waals surface area contributed by atoms with Gasteiger partial charge in [0.15, 0.2) is 0 Å². The van der Waals surface area contributed by atoms with E-state index < -0.39 is 28.2 Å². The van der Waals surface area contributed by atoms with Gasteiger partial charge in [0.1, 0.15) is 23.4 Å². The quantitative estimate of drug-likeness (QED) is 0.303. The highest BCUT2D eigenvalue weighted by Gasteiger charge is 2.33. The number of aliphatic hydroxyl groups excluding tert-OH is 1. The molecule has 0 aromatic heterocycles. The van der Waals surface area contributed by atoms with Crippen LogP contribution >= 0.6 is 0 Å². The molecular formula is C32H40N4O8S. The second kappa shape index (κ2) is 14.6. The average Bonchev–Trinajstić information content (AvgIpc) is 3.08. The summed E-state index contributed by atoms with van der Waals surface area (Å²) in [6.45, 7) is 3.63. The molecule has 0 aliphatic carbocycles. The normalized spacial score (nSPS) is 17.7. The highest BCUT2D eigenvalue weighted by Crippen LogP contribution is 2.30. The van der Waals surface area contributed by atoms with Crippen LogP contribution in [0.1, 0.15) is 19.4 Å². The van der Waals surface area contributed by atoms with Gasteiger partial charge in [-0.05, 0) is 73.7 Å². The lowest BCUT2D eigenvalue weighted by Gasteiger charge is -2.33. The molecule has 1 heterocycles. The van der Waals surface area contributed by atoms with Gasteiger partial charge in [0.05, 0.1) is 44.7 Å². The van der Waals surface area contributed by atoms with E-state index in [2.05, 4.69) is 10.6 Å². The summed E-state index contributed by atoms with van der Waals surface area (Å²) in [6.07, 6.45) is -0.701. The topological polar surface area (TPSA) is 147 Å². The van der Waals surface area contributed by atoms with Gasteiger partial charge in [-0.3, -0.25) is 4.79 Å². The fourth-order valence-electron chi connectivity index (χ4n) is 4.97. The number of nitrogens with one attached hydrogen (secondary N) is 2. The largest absolute Gasteiger partial charge is 0.497 e. The molecule has 3 aromatic carbocycles. The lowest BCUT2D eigenvalue weighted by Crippen LogP contribution is -2.48. The van der Waals surface area contributed by atoms with Crippen LogP contribution in [0, 0.1) is 5.92 Å². The summed E-state index contributed by atoms with van der Waals surface area (Å²) in [5.74, 6) is 1.06. The second-order valence-electron chi connectivity index (χ2n) is 11.0. The predicted octanol–water partition coefficient (Wildman–Crippen LogP) is 3.82. The summed E-state index contributed by atoms with van der Waals surface area (Å²) in [6, 6.07) is 17.0. The molecule has 0 unspecified atom stereocenters. The van der Waals surface area contributed by atoms with Gasteiger partial charge in [-0.1, -0.05) is 6.92 Å². The van der Waals surface area contributed by atoms with E-state index in [9.17, 15) is 23.1 Å². The van der Waals surface area contributed by atoms with Crippen LogP contribution in [0.4, 0.5) is 16.2 Å². The van der Waals surface area contributed by atoms with Gasteiger partial charge in [-0.15, -0.1) is 0 Å². The number of carbonyl (C=O) groups excluding carboxylic acids is 2. The second-order valence-corrected chi connectivity index (χ2v) is 13.0. The van der Waals surface area contributed by atoms with E-state index in [0.717, 1.165) is 0 Å². The maximum atomic E-state index is 13.5. The van der Waals surface area contributed by atoms with Crippen LogP contribution in [-0.2, 0) is 21.2 Å². The summed E-state index contributed by atoms with van der Waals surface area (Å²) in [5, 5.41) is 15.4. The number of aliphatic hydroxyl groups is 1. The summed E-state index contributed by atoms with van der Waals surface area (Å²) < 4.78 is 44.9. The number of amides is 3. The van der Waals surface area contributed by atoms with Crippen molar-refractivity contribution >= 4 is 33.3 Å². The number of sulfonamides is 1. The van der Waals surface area contributed by atoms with Gasteiger partial charge in [0, 0.05) is 36.4 Å². The number of ether oxygens (including phenoxy) is 3. The molecule has 0 fully saturated rings. The zero-order chi connectivity index (χ0) is 32.7. The van der Waals surface area contributed by atoms with Gasteiger partial charge in [-0.25, -0.2) is 13.2 Å². The third-order valence-corrected chi connectivity index (χ3v) is 9.56. The Kier molecular flexibility index (Phi) is 10.9. The predicted molar refractivity (Wildman–Crippen MR) is 170 cm³/mol. The van der Waals surface area contributed by atoms with Gasteiger partial charge < -0.3 is 34.9 Å². The molecule has 3 aromatic rings. The van der Waals surface area contributed by atoms with Crippen LogP contribution < -0.4 is 24.8 Å². The van der Waals surface area contributed by atoms with Crippen LogP contribution in [0.2, 0.25) is 0 Å². The molecule has 0 saturated heterocycles. The molecule has 3 N–H and O–H groups in total.